The predicted octanol–water partition coefficient (Wildman–Crippen LogP) is 3.59. The van der Waals surface area contributed by atoms with Crippen molar-refractivity contribution >= 4 is 50.8 Å². The fraction of sp³-hybridized carbons (Fsp3) is 0.368. The van der Waals surface area contributed by atoms with Crippen molar-refractivity contribution < 1.29 is 36.7 Å². The van der Waals surface area contributed by atoms with E-state index in [-0.39, 0.29) is 47.4 Å². The Labute approximate surface area is 324 Å². The maximum absolute atomic E-state index is 13.8. The molecule has 0 aliphatic carbocycles. The van der Waals surface area contributed by atoms with Crippen molar-refractivity contribution in [2.24, 2.45) is 16.6 Å². The standard InChI is InChI=1S/C38H47N7O8S2/c1-22(2)31(44-34(47)28(21-26-12-8-7-9-13-26)43-35(48)29-15-11-18-53-29)36(49)42-27(32(46)37-40-17-19-54-37)14-10-16-41-38(39)45-55(50,51)33-23(3)20-30(52-6)24(4)25(33)5/h7-9,11-13,15,17-20,22,27-28,31H,10,14,16,21H2,1-6H3,(H,42,49)(H,43,48)(H,44,47)(H3,39,41,45)/t27-,28-,31-/m0/s1. The third-order valence-corrected chi connectivity index (χ3v) is 11.2. The third-order valence-electron chi connectivity index (χ3n) is 8.81. The number of hydrogen-bond donors (Lipinski definition) is 5. The van der Waals surface area contributed by atoms with Gasteiger partial charge in [-0.05, 0) is 80.0 Å². The summed E-state index contributed by atoms with van der Waals surface area (Å²) in [6, 6.07) is 10.5. The normalized spacial score (nSPS) is 13.4. The van der Waals surface area contributed by atoms with Crippen molar-refractivity contribution in [3.05, 3.63) is 99.4 Å². The van der Waals surface area contributed by atoms with Gasteiger partial charge in [-0.1, -0.05) is 44.2 Å². The molecule has 0 spiro atoms. The molecular weight excluding hydrogens is 747 g/mol. The first-order valence-corrected chi connectivity index (χ1v) is 19.9. The quantitative estimate of drug-likeness (QED) is 0.0426. The molecule has 0 bridgehead atoms. The number of nitrogens with one attached hydrogen (secondary N) is 4. The molecule has 2 aromatic heterocycles. The number of carbonyl (C=O) groups is 4. The summed E-state index contributed by atoms with van der Waals surface area (Å²) in [5.74, 6) is -2.45. The van der Waals surface area contributed by atoms with Crippen LogP contribution in [0.25, 0.3) is 0 Å². The summed E-state index contributed by atoms with van der Waals surface area (Å²) < 4.78 is 39.4. The largest absolute Gasteiger partial charge is 0.496 e. The van der Waals surface area contributed by atoms with Crippen molar-refractivity contribution in [3.63, 3.8) is 0 Å². The highest BCUT2D eigenvalue weighted by atomic mass is 32.2. The van der Waals surface area contributed by atoms with Crippen LogP contribution in [-0.2, 0) is 26.0 Å². The smallest absolute Gasteiger partial charge is 0.287 e. The molecular formula is C38H47N7O8S2. The van der Waals surface area contributed by atoms with Crippen LogP contribution >= 0.6 is 11.3 Å². The molecule has 4 rings (SSSR count). The molecule has 0 aliphatic rings. The van der Waals surface area contributed by atoms with Gasteiger partial charge in [0.1, 0.15) is 17.8 Å². The Balaban J connectivity index is 1.46. The van der Waals surface area contributed by atoms with Gasteiger partial charge in [-0.15, -0.1) is 11.3 Å². The van der Waals surface area contributed by atoms with E-state index in [2.05, 4.69) is 30.6 Å². The number of carbonyl (C=O) groups excluding carboxylic acids is 4. The molecule has 2 heterocycles. The topological polar surface area (TPSA) is 224 Å². The van der Waals surface area contributed by atoms with Crippen molar-refractivity contribution in [2.45, 2.75) is 76.9 Å². The number of thiazole rings is 1. The van der Waals surface area contributed by atoms with Crippen LogP contribution in [0.2, 0.25) is 0 Å². The molecule has 0 radical (unpaired) electrons. The summed E-state index contributed by atoms with van der Waals surface area (Å²) in [6.07, 6.45) is 3.27. The van der Waals surface area contributed by atoms with Crippen LogP contribution in [0.5, 0.6) is 5.75 Å². The van der Waals surface area contributed by atoms with Gasteiger partial charge in [0.15, 0.2) is 10.8 Å². The summed E-state index contributed by atoms with van der Waals surface area (Å²) in [7, 11) is -2.58. The number of ether oxygens (including phenoxy) is 1. The maximum atomic E-state index is 13.8. The lowest BCUT2D eigenvalue weighted by Crippen LogP contribution is -2.57. The van der Waals surface area contributed by atoms with Crippen LogP contribution in [0, 0.1) is 26.7 Å². The molecule has 0 saturated carbocycles. The fourth-order valence-corrected chi connectivity index (χ4v) is 7.98. The minimum absolute atomic E-state index is 0.0202. The van der Waals surface area contributed by atoms with Crippen LogP contribution in [-0.4, -0.2) is 74.6 Å². The van der Waals surface area contributed by atoms with Gasteiger partial charge in [0.25, 0.3) is 15.9 Å². The molecule has 17 heteroatoms. The first kappa shape index (κ1) is 42.2. The highest BCUT2D eigenvalue weighted by Gasteiger charge is 2.33. The molecule has 0 fully saturated rings. The third kappa shape index (κ3) is 11.2. The van der Waals surface area contributed by atoms with Gasteiger partial charge >= 0.3 is 0 Å². The second-order valence-corrected chi connectivity index (χ2v) is 15.7. The fourth-order valence-electron chi connectivity index (χ4n) is 5.87. The number of sulfonamides is 1. The zero-order valence-corrected chi connectivity index (χ0v) is 33.2. The summed E-state index contributed by atoms with van der Waals surface area (Å²) >= 11 is 1.11. The number of aryl methyl sites for hydroxylation is 1. The van der Waals surface area contributed by atoms with Crippen molar-refractivity contribution in [1.82, 2.24) is 25.7 Å². The second-order valence-electron chi connectivity index (χ2n) is 13.2. The zero-order valence-electron chi connectivity index (χ0n) is 31.5. The summed E-state index contributed by atoms with van der Waals surface area (Å²) in [5, 5.41) is 10.1. The Bertz CT molecular complexity index is 2090. The minimum Gasteiger partial charge on any atom is -0.496 e. The molecule has 3 amide bonds. The molecule has 2 aromatic carbocycles. The number of nitrogens with two attached hydrogens (primary N) is 1. The molecule has 6 N–H and O–H groups in total. The number of nitrogens with zero attached hydrogens (tertiary/aromatic N) is 2. The van der Waals surface area contributed by atoms with Crippen LogP contribution in [0.3, 0.4) is 0 Å². The van der Waals surface area contributed by atoms with Crippen LogP contribution in [0.1, 0.15) is 69.3 Å². The van der Waals surface area contributed by atoms with E-state index in [9.17, 15) is 27.6 Å². The zero-order chi connectivity index (χ0) is 40.3. The average molecular weight is 794 g/mol. The molecule has 0 unspecified atom stereocenters. The summed E-state index contributed by atoms with van der Waals surface area (Å²) in [4.78, 5) is 62.3. The predicted molar refractivity (Wildman–Crippen MR) is 209 cm³/mol. The van der Waals surface area contributed by atoms with E-state index < -0.39 is 57.6 Å². The number of benzene rings is 2. The van der Waals surface area contributed by atoms with Crippen molar-refractivity contribution in [1.29, 1.82) is 0 Å². The number of furan rings is 1. The lowest BCUT2D eigenvalue weighted by atomic mass is 9.99. The number of Topliss-reactive ketones (excluding diaryl/α,β-unsaturated/α-hetero) is 1. The van der Waals surface area contributed by atoms with E-state index in [1.165, 1.54) is 25.6 Å². The highest BCUT2D eigenvalue weighted by molar-refractivity contribution is 7.90. The van der Waals surface area contributed by atoms with Gasteiger partial charge in [-0.3, -0.25) is 24.2 Å². The van der Waals surface area contributed by atoms with E-state index in [0.717, 1.165) is 16.9 Å². The Hall–Kier alpha value is -5.55. The van der Waals surface area contributed by atoms with Gasteiger partial charge in [-0.25, -0.2) is 18.1 Å². The first-order chi connectivity index (χ1) is 26.1. The number of aliphatic imine (C=N–C) groups is 1. The van der Waals surface area contributed by atoms with Gasteiger partial charge in [0.05, 0.1) is 24.3 Å². The second kappa shape index (κ2) is 19.2. The minimum atomic E-state index is -4.09. The van der Waals surface area contributed by atoms with Crippen molar-refractivity contribution in [2.75, 3.05) is 13.7 Å². The lowest BCUT2D eigenvalue weighted by Gasteiger charge is -2.27. The van der Waals surface area contributed by atoms with Gasteiger partial charge < -0.3 is 30.8 Å². The highest BCUT2D eigenvalue weighted by Crippen LogP contribution is 2.30. The van der Waals surface area contributed by atoms with Gasteiger partial charge in [-0.2, -0.15) is 0 Å². The summed E-state index contributed by atoms with van der Waals surface area (Å²) in [6.45, 7) is 8.60. The Morgan fingerprint density at radius 3 is 2.31 bits per heavy atom. The van der Waals surface area contributed by atoms with Crippen LogP contribution in [0.15, 0.2) is 80.7 Å². The van der Waals surface area contributed by atoms with E-state index >= 15 is 0 Å². The molecule has 55 heavy (non-hydrogen) atoms. The molecule has 0 saturated heterocycles. The van der Waals surface area contributed by atoms with E-state index in [1.807, 2.05) is 30.3 Å². The molecule has 3 atom stereocenters. The summed E-state index contributed by atoms with van der Waals surface area (Å²) in [5.41, 5.74) is 8.43. The number of methoxy groups -OCH3 is 1. The molecule has 15 nitrogen and oxygen atoms in total. The van der Waals surface area contributed by atoms with Crippen molar-refractivity contribution in [3.8, 4) is 5.75 Å². The Morgan fingerprint density at radius 2 is 1.69 bits per heavy atom. The SMILES string of the molecule is COc1cc(C)c(S(=O)(=O)NC(N)=NCCC[C@H](NC(=O)[C@@H](NC(=O)[C@H](Cc2ccccc2)NC(=O)c2ccco2)C(C)C)C(=O)c2nccs2)c(C)c1C. The molecule has 0 aliphatic heterocycles. The monoisotopic (exact) mass is 793 g/mol. The first-order valence-electron chi connectivity index (χ1n) is 17.5. The number of rotatable bonds is 18. The number of hydrogen-bond acceptors (Lipinski definition) is 11. The van der Waals surface area contributed by atoms with Crippen LogP contribution in [0.4, 0.5) is 0 Å². The number of ketones is 1. The average Bonchev–Trinajstić information content (AvgIpc) is 3.89. The van der Waals surface area contributed by atoms with E-state index in [4.69, 9.17) is 14.9 Å². The Morgan fingerprint density at radius 1 is 0.964 bits per heavy atom. The molecule has 294 valence electrons. The number of guanidine groups is 1. The molecule has 4 aromatic rings. The van der Waals surface area contributed by atoms with E-state index in [0.29, 0.717) is 22.4 Å². The number of aromatic nitrogens is 1. The van der Waals surface area contributed by atoms with Gasteiger partial charge in [0, 0.05) is 24.5 Å². The van der Waals surface area contributed by atoms with E-state index in [1.54, 1.807) is 52.1 Å². The lowest BCUT2D eigenvalue weighted by molar-refractivity contribution is -0.131. The van der Waals surface area contributed by atoms with Gasteiger partial charge in [0.2, 0.25) is 23.6 Å². The Kier molecular flexibility index (Phi) is 14.7. The van der Waals surface area contributed by atoms with Crippen LogP contribution < -0.4 is 31.1 Å². The maximum Gasteiger partial charge on any atom is 0.287 e. The number of amides is 3.